The van der Waals surface area contributed by atoms with Gasteiger partial charge in [0.05, 0.1) is 0 Å². The molecule has 116 valence electrons. The fourth-order valence-electron chi connectivity index (χ4n) is 3.49. The fraction of sp³-hybridized carbons (Fsp3) is 0.400. The van der Waals surface area contributed by atoms with E-state index in [4.69, 9.17) is 5.73 Å². The summed E-state index contributed by atoms with van der Waals surface area (Å²) in [7, 11) is 0. The summed E-state index contributed by atoms with van der Waals surface area (Å²) >= 11 is 0. The van der Waals surface area contributed by atoms with Crippen molar-refractivity contribution in [3.8, 4) is 0 Å². The average molecular weight is 294 g/mol. The van der Waals surface area contributed by atoms with Crippen LogP contribution in [0.2, 0.25) is 0 Å². The molecule has 0 saturated carbocycles. The summed E-state index contributed by atoms with van der Waals surface area (Å²) in [6.07, 6.45) is 4.58. The van der Waals surface area contributed by atoms with Crippen molar-refractivity contribution in [1.82, 2.24) is 4.90 Å². The first kappa shape index (κ1) is 15.3. The highest BCUT2D eigenvalue weighted by Crippen LogP contribution is 2.30. The van der Waals surface area contributed by atoms with Gasteiger partial charge in [0, 0.05) is 12.6 Å². The Labute approximate surface area is 134 Å². The summed E-state index contributed by atoms with van der Waals surface area (Å²) in [6.45, 7) is 3.08. The van der Waals surface area contributed by atoms with Gasteiger partial charge >= 0.3 is 0 Å². The van der Waals surface area contributed by atoms with Gasteiger partial charge < -0.3 is 5.73 Å². The summed E-state index contributed by atoms with van der Waals surface area (Å²) < 4.78 is 0. The quantitative estimate of drug-likeness (QED) is 0.854. The predicted molar refractivity (Wildman–Crippen MR) is 92.9 cm³/mol. The first-order valence-corrected chi connectivity index (χ1v) is 8.44. The first-order valence-electron chi connectivity index (χ1n) is 8.44. The number of nitrogens with zero attached hydrogens (tertiary/aromatic N) is 1. The van der Waals surface area contributed by atoms with Crippen molar-refractivity contribution >= 4 is 0 Å². The lowest BCUT2D eigenvalue weighted by atomic mass is 9.96. The maximum Gasteiger partial charge on any atom is 0.0388 e. The molecule has 2 N–H and O–H groups in total. The Morgan fingerprint density at radius 3 is 2.41 bits per heavy atom. The van der Waals surface area contributed by atoms with E-state index in [1.54, 1.807) is 0 Å². The molecule has 1 unspecified atom stereocenters. The Kier molecular flexibility index (Phi) is 5.25. The van der Waals surface area contributed by atoms with Crippen LogP contribution in [0, 0.1) is 0 Å². The van der Waals surface area contributed by atoms with E-state index < -0.39 is 0 Å². The molecule has 2 aromatic carbocycles. The molecule has 22 heavy (non-hydrogen) atoms. The maximum absolute atomic E-state index is 5.67. The lowest BCUT2D eigenvalue weighted by Gasteiger charge is -2.30. The highest BCUT2D eigenvalue weighted by Gasteiger charge is 2.24. The predicted octanol–water partition coefficient (Wildman–Crippen LogP) is 3.57. The normalized spacial score (nSPS) is 18.7. The zero-order valence-corrected chi connectivity index (χ0v) is 13.2. The van der Waals surface area contributed by atoms with Crippen molar-refractivity contribution in [3.05, 3.63) is 71.3 Å². The van der Waals surface area contributed by atoms with Crippen LogP contribution >= 0.6 is 0 Å². The van der Waals surface area contributed by atoms with Crippen molar-refractivity contribution in [2.45, 2.75) is 31.7 Å². The van der Waals surface area contributed by atoms with Gasteiger partial charge in [-0.1, -0.05) is 54.6 Å². The molecule has 1 aliphatic heterocycles. The van der Waals surface area contributed by atoms with Crippen LogP contribution in [0.1, 0.15) is 35.6 Å². The Hall–Kier alpha value is -1.64. The zero-order chi connectivity index (χ0) is 15.2. The van der Waals surface area contributed by atoms with Gasteiger partial charge in [0.15, 0.2) is 0 Å². The molecule has 1 atom stereocenters. The van der Waals surface area contributed by atoms with Crippen LogP contribution in [-0.2, 0) is 12.8 Å². The van der Waals surface area contributed by atoms with E-state index in [1.807, 2.05) is 0 Å². The fourth-order valence-corrected chi connectivity index (χ4v) is 3.49. The first-order chi connectivity index (χ1) is 10.9. The number of rotatable bonds is 5. The van der Waals surface area contributed by atoms with Crippen molar-refractivity contribution < 1.29 is 0 Å². The molecule has 0 aliphatic carbocycles. The molecule has 2 aromatic rings. The van der Waals surface area contributed by atoms with Crippen molar-refractivity contribution in [3.63, 3.8) is 0 Å². The Morgan fingerprint density at radius 2 is 1.64 bits per heavy atom. The van der Waals surface area contributed by atoms with E-state index in [9.17, 15) is 0 Å². The number of hydrogen-bond acceptors (Lipinski definition) is 2. The van der Waals surface area contributed by atoms with Gasteiger partial charge in [0.1, 0.15) is 0 Å². The van der Waals surface area contributed by atoms with E-state index in [0.717, 1.165) is 38.9 Å². The van der Waals surface area contributed by atoms with Gasteiger partial charge in [0.2, 0.25) is 0 Å². The van der Waals surface area contributed by atoms with Gasteiger partial charge in [-0.3, -0.25) is 4.90 Å². The number of unbranched alkanes of at least 4 members (excludes halogenated alkanes) is 1. The SMILES string of the molecule is NCCCCN1CCc2ccccc2CC1c1ccccc1. The summed E-state index contributed by atoms with van der Waals surface area (Å²) in [5.41, 5.74) is 10.1. The van der Waals surface area contributed by atoms with Crippen LogP contribution in [0.5, 0.6) is 0 Å². The lowest BCUT2D eigenvalue weighted by molar-refractivity contribution is 0.201. The van der Waals surface area contributed by atoms with Crippen LogP contribution < -0.4 is 5.73 Å². The smallest absolute Gasteiger partial charge is 0.0388 e. The highest BCUT2D eigenvalue weighted by molar-refractivity contribution is 5.32. The van der Waals surface area contributed by atoms with E-state index >= 15 is 0 Å². The van der Waals surface area contributed by atoms with Crippen LogP contribution in [0.3, 0.4) is 0 Å². The van der Waals surface area contributed by atoms with Gasteiger partial charge in [-0.15, -0.1) is 0 Å². The molecule has 0 saturated heterocycles. The molecule has 3 rings (SSSR count). The minimum atomic E-state index is 0.489. The standard InChI is InChI=1S/C20H26N2/c21-13-6-7-14-22-15-12-17-8-4-5-11-19(17)16-20(22)18-9-2-1-3-10-18/h1-5,8-11,20H,6-7,12-16,21H2. The molecular formula is C20H26N2. The van der Waals surface area contributed by atoms with Gasteiger partial charge in [-0.2, -0.15) is 0 Å². The van der Waals surface area contributed by atoms with Crippen molar-refractivity contribution in [1.29, 1.82) is 0 Å². The van der Waals surface area contributed by atoms with Gasteiger partial charge in [0.25, 0.3) is 0 Å². The molecule has 1 heterocycles. The number of benzene rings is 2. The van der Waals surface area contributed by atoms with Crippen LogP contribution in [0.25, 0.3) is 0 Å². The lowest BCUT2D eigenvalue weighted by Crippen LogP contribution is -2.31. The van der Waals surface area contributed by atoms with Crippen molar-refractivity contribution in [2.24, 2.45) is 5.73 Å². The Bertz CT molecular complexity index is 579. The van der Waals surface area contributed by atoms with Crippen LogP contribution in [-0.4, -0.2) is 24.5 Å². The van der Waals surface area contributed by atoms with Gasteiger partial charge in [-0.05, 0) is 55.5 Å². The number of nitrogens with two attached hydrogens (primary N) is 1. The minimum absolute atomic E-state index is 0.489. The second-order valence-electron chi connectivity index (χ2n) is 6.18. The molecule has 2 heteroatoms. The third kappa shape index (κ3) is 3.57. The van der Waals surface area contributed by atoms with Crippen molar-refractivity contribution in [2.75, 3.05) is 19.6 Å². The Morgan fingerprint density at radius 1 is 0.909 bits per heavy atom. The summed E-state index contributed by atoms with van der Waals surface area (Å²) in [5, 5.41) is 0. The maximum atomic E-state index is 5.67. The second-order valence-corrected chi connectivity index (χ2v) is 6.18. The molecule has 0 aromatic heterocycles. The van der Waals surface area contributed by atoms with E-state index in [2.05, 4.69) is 59.5 Å². The molecule has 0 radical (unpaired) electrons. The zero-order valence-electron chi connectivity index (χ0n) is 13.2. The summed E-state index contributed by atoms with van der Waals surface area (Å²) in [5.74, 6) is 0. The largest absolute Gasteiger partial charge is 0.330 e. The third-order valence-corrected chi connectivity index (χ3v) is 4.72. The molecular weight excluding hydrogens is 268 g/mol. The molecule has 2 nitrogen and oxygen atoms in total. The highest BCUT2D eigenvalue weighted by atomic mass is 15.2. The molecule has 0 spiro atoms. The van der Waals surface area contributed by atoms with Gasteiger partial charge in [-0.25, -0.2) is 0 Å². The van der Waals surface area contributed by atoms with Crippen LogP contribution in [0.15, 0.2) is 54.6 Å². The van der Waals surface area contributed by atoms with Crippen LogP contribution in [0.4, 0.5) is 0 Å². The third-order valence-electron chi connectivity index (χ3n) is 4.72. The molecule has 0 fully saturated rings. The summed E-state index contributed by atoms with van der Waals surface area (Å²) in [6, 6.07) is 20.4. The average Bonchev–Trinajstić information content (AvgIpc) is 2.76. The summed E-state index contributed by atoms with van der Waals surface area (Å²) in [4.78, 5) is 2.66. The number of hydrogen-bond donors (Lipinski definition) is 1. The molecule has 0 amide bonds. The van der Waals surface area contributed by atoms with E-state index in [1.165, 1.54) is 23.1 Å². The second kappa shape index (κ2) is 7.57. The van der Waals surface area contributed by atoms with E-state index in [0.29, 0.717) is 6.04 Å². The minimum Gasteiger partial charge on any atom is -0.330 e. The topological polar surface area (TPSA) is 29.3 Å². The monoisotopic (exact) mass is 294 g/mol. The Balaban J connectivity index is 1.85. The van der Waals surface area contributed by atoms with E-state index in [-0.39, 0.29) is 0 Å². The molecule has 0 bridgehead atoms. The number of fused-ring (bicyclic) bond motifs is 1. The molecule has 1 aliphatic rings.